The normalized spacial score (nSPS) is 19.9. The summed E-state index contributed by atoms with van der Waals surface area (Å²) in [6.45, 7) is 12.2. The molecule has 2 aliphatic rings. The molecule has 23 heavy (non-hydrogen) atoms. The monoisotopic (exact) mass is 319 g/mol. The van der Waals surface area contributed by atoms with Gasteiger partial charge in [0.1, 0.15) is 0 Å². The van der Waals surface area contributed by atoms with E-state index in [9.17, 15) is 4.79 Å². The van der Waals surface area contributed by atoms with Crippen LogP contribution in [0.25, 0.3) is 0 Å². The molecule has 1 aliphatic heterocycles. The molecular weight excluding hydrogens is 290 g/mol. The first-order valence-electron chi connectivity index (χ1n) is 8.90. The highest BCUT2D eigenvalue weighted by molar-refractivity contribution is 5.99. The van der Waals surface area contributed by atoms with E-state index in [0.717, 1.165) is 69.9 Å². The number of rotatable bonds is 4. The number of aryl methyl sites for hydroxylation is 1. The summed E-state index contributed by atoms with van der Waals surface area (Å²) in [5, 5.41) is 4.85. The molecule has 1 saturated heterocycles. The van der Waals surface area contributed by atoms with E-state index >= 15 is 0 Å². The second-order valence-electron chi connectivity index (χ2n) is 7.73. The number of hydrogen-bond donors (Lipinski definition) is 0. The summed E-state index contributed by atoms with van der Waals surface area (Å²) in [5.74, 6) is 0.288. The zero-order valence-corrected chi connectivity index (χ0v) is 14.7. The molecule has 128 valence electrons. The third-order valence-corrected chi connectivity index (χ3v) is 4.81. The van der Waals surface area contributed by atoms with E-state index in [1.807, 2.05) is 0 Å². The van der Waals surface area contributed by atoms with Crippen LogP contribution in [0.4, 0.5) is 0 Å². The molecule has 1 fully saturated rings. The van der Waals surface area contributed by atoms with Gasteiger partial charge in [0, 0.05) is 43.7 Å². The lowest BCUT2D eigenvalue weighted by atomic mass is 9.84. The molecule has 2 heterocycles. The molecule has 5 nitrogen and oxygen atoms in total. The molecule has 0 N–H and O–H groups in total. The Morgan fingerprint density at radius 1 is 1.13 bits per heavy atom. The highest BCUT2D eigenvalue weighted by Gasteiger charge is 2.32. The number of aromatic nitrogens is 2. The predicted molar refractivity (Wildman–Crippen MR) is 90.1 cm³/mol. The predicted octanol–water partition coefficient (Wildman–Crippen LogP) is 2.42. The van der Waals surface area contributed by atoms with Crippen LogP contribution >= 0.6 is 0 Å². The van der Waals surface area contributed by atoms with Gasteiger partial charge >= 0.3 is 0 Å². The molecule has 0 radical (unpaired) electrons. The number of Topliss-reactive ketones (excluding diaryl/α,β-unsaturated/α-hetero) is 1. The van der Waals surface area contributed by atoms with Crippen molar-refractivity contribution in [2.45, 2.75) is 58.4 Å². The van der Waals surface area contributed by atoms with Crippen LogP contribution in [0.3, 0.4) is 0 Å². The summed E-state index contributed by atoms with van der Waals surface area (Å²) >= 11 is 0. The fourth-order valence-corrected chi connectivity index (χ4v) is 3.56. The third-order valence-electron chi connectivity index (χ3n) is 4.81. The SMILES string of the molecule is CC(C)(C)c1nn(CCCN2CCOCC2)c2c1C(=O)CCC2. The Morgan fingerprint density at radius 2 is 1.87 bits per heavy atom. The van der Waals surface area contributed by atoms with Crippen molar-refractivity contribution in [1.29, 1.82) is 0 Å². The molecule has 1 aromatic rings. The zero-order valence-electron chi connectivity index (χ0n) is 14.7. The average molecular weight is 319 g/mol. The van der Waals surface area contributed by atoms with Crippen LogP contribution in [0.1, 0.15) is 61.8 Å². The van der Waals surface area contributed by atoms with Crippen molar-refractivity contribution in [3.63, 3.8) is 0 Å². The van der Waals surface area contributed by atoms with Crippen molar-refractivity contribution in [2.24, 2.45) is 0 Å². The third kappa shape index (κ3) is 3.66. The summed E-state index contributed by atoms with van der Waals surface area (Å²) < 4.78 is 7.51. The number of hydrogen-bond acceptors (Lipinski definition) is 4. The molecule has 0 spiro atoms. The van der Waals surface area contributed by atoms with Gasteiger partial charge in [-0.2, -0.15) is 5.10 Å². The van der Waals surface area contributed by atoms with Gasteiger partial charge in [-0.3, -0.25) is 14.4 Å². The Balaban J connectivity index is 1.73. The molecule has 0 saturated carbocycles. The van der Waals surface area contributed by atoms with E-state index in [2.05, 4.69) is 30.4 Å². The van der Waals surface area contributed by atoms with Crippen LogP contribution in [-0.2, 0) is 23.1 Å². The van der Waals surface area contributed by atoms with Crippen molar-refractivity contribution in [3.8, 4) is 0 Å². The highest BCUT2D eigenvalue weighted by atomic mass is 16.5. The van der Waals surface area contributed by atoms with Crippen molar-refractivity contribution >= 4 is 5.78 Å². The molecule has 0 atom stereocenters. The molecule has 3 rings (SSSR count). The number of carbonyl (C=O) groups is 1. The highest BCUT2D eigenvalue weighted by Crippen LogP contribution is 2.32. The Morgan fingerprint density at radius 3 is 2.57 bits per heavy atom. The first-order chi connectivity index (χ1) is 11.0. The Hall–Kier alpha value is -1.20. The molecule has 0 aromatic carbocycles. The van der Waals surface area contributed by atoms with Crippen LogP contribution in [-0.4, -0.2) is 53.3 Å². The molecule has 0 bridgehead atoms. The van der Waals surface area contributed by atoms with Gasteiger partial charge in [-0.25, -0.2) is 0 Å². The van der Waals surface area contributed by atoms with Gasteiger partial charge in [0.05, 0.1) is 24.5 Å². The number of fused-ring (bicyclic) bond motifs is 1. The number of ether oxygens (including phenoxy) is 1. The maximum absolute atomic E-state index is 12.4. The van der Waals surface area contributed by atoms with Crippen LogP contribution < -0.4 is 0 Å². The average Bonchev–Trinajstić information content (AvgIpc) is 2.89. The van der Waals surface area contributed by atoms with E-state index in [1.165, 1.54) is 5.69 Å². The minimum atomic E-state index is -0.0768. The Bertz CT molecular complexity index is 566. The van der Waals surface area contributed by atoms with E-state index in [0.29, 0.717) is 6.42 Å². The number of morpholine rings is 1. The molecule has 0 amide bonds. The van der Waals surface area contributed by atoms with Crippen LogP contribution in [0.5, 0.6) is 0 Å². The lowest BCUT2D eigenvalue weighted by Crippen LogP contribution is -2.37. The molecule has 0 unspecified atom stereocenters. The van der Waals surface area contributed by atoms with E-state index < -0.39 is 0 Å². The maximum atomic E-state index is 12.4. The number of carbonyl (C=O) groups excluding carboxylic acids is 1. The van der Waals surface area contributed by atoms with Gasteiger partial charge in [-0.15, -0.1) is 0 Å². The van der Waals surface area contributed by atoms with Crippen LogP contribution in [0, 0.1) is 0 Å². The van der Waals surface area contributed by atoms with E-state index in [4.69, 9.17) is 9.84 Å². The quantitative estimate of drug-likeness (QED) is 0.855. The summed E-state index contributed by atoms with van der Waals surface area (Å²) in [7, 11) is 0. The molecule has 5 heteroatoms. The van der Waals surface area contributed by atoms with Gasteiger partial charge in [-0.1, -0.05) is 20.8 Å². The largest absolute Gasteiger partial charge is 0.379 e. The lowest BCUT2D eigenvalue weighted by Gasteiger charge is -2.26. The topological polar surface area (TPSA) is 47.4 Å². The van der Waals surface area contributed by atoms with E-state index in [1.54, 1.807) is 0 Å². The lowest BCUT2D eigenvalue weighted by molar-refractivity contribution is 0.0368. The minimum Gasteiger partial charge on any atom is -0.379 e. The van der Waals surface area contributed by atoms with Crippen molar-refractivity contribution in [2.75, 3.05) is 32.8 Å². The fourth-order valence-electron chi connectivity index (χ4n) is 3.56. The van der Waals surface area contributed by atoms with E-state index in [-0.39, 0.29) is 11.2 Å². The van der Waals surface area contributed by atoms with Crippen molar-refractivity contribution < 1.29 is 9.53 Å². The minimum absolute atomic E-state index is 0.0768. The maximum Gasteiger partial charge on any atom is 0.166 e. The molecule has 1 aromatic heterocycles. The van der Waals surface area contributed by atoms with Crippen molar-refractivity contribution in [1.82, 2.24) is 14.7 Å². The van der Waals surface area contributed by atoms with Gasteiger partial charge in [-0.05, 0) is 19.3 Å². The van der Waals surface area contributed by atoms with Crippen molar-refractivity contribution in [3.05, 3.63) is 17.0 Å². The standard InChI is InChI=1S/C18H29N3O2/c1-18(2,3)17-16-14(6-4-7-15(16)22)21(19-17)9-5-8-20-10-12-23-13-11-20/h4-13H2,1-3H3. The summed E-state index contributed by atoms with van der Waals surface area (Å²) in [6, 6.07) is 0. The number of nitrogens with zero attached hydrogens (tertiary/aromatic N) is 3. The van der Waals surface area contributed by atoms with Gasteiger partial charge < -0.3 is 4.74 Å². The van der Waals surface area contributed by atoms with Gasteiger partial charge in [0.15, 0.2) is 5.78 Å². The molecule has 1 aliphatic carbocycles. The smallest absolute Gasteiger partial charge is 0.166 e. The summed E-state index contributed by atoms with van der Waals surface area (Å²) in [4.78, 5) is 14.9. The first kappa shape index (κ1) is 16.7. The summed E-state index contributed by atoms with van der Waals surface area (Å²) in [6.07, 6.45) is 3.70. The van der Waals surface area contributed by atoms with Gasteiger partial charge in [0.25, 0.3) is 0 Å². The van der Waals surface area contributed by atoms with Crippen LogP contribution in [0.15, 0.2) is 0 Å². The summed E-state index contributed by atoms with van der Waals surface area (Å²) in [5.41, 5.74) is 3.01. The Kier molecular flexibility index (Phi) is 4.87. The fraction of sp³-hybridized carbons (Fsp3) is 0.778. The van der Waals surface area contributed by atoms with Crippen LogP contribution in [0.2, 0.25) is 0 Å². The Labute approximate surface area is 139 Å². The zero-order chi connectivity index (χ0) is 16.4. The molecular formula is C18H29N3O2. The first-order valence-corrected chi connectivity index (χ1v) is 8.90. The number of ketones is 1. The second-order valence-corrected chi connectivity index (χ2v) is 7.73. The second kappa shape index (κ2) is 6.73. The van der Waals surface area contributed by atoms with Gasteiger partial charge in [0.2, 0.25) is 0 Å².